The zero-order valence-corrected chi connectivity index (χ0v) is 24.8. The maximum absolute atomic E-state index is 4.93. The Hall–Kier alpha value is -3.14. The molecule has 0 unspecified atom stereocenters. The average molecular weight is 496 g/mol. The molecule has 0 amide bonds. The molecular formula is C33H43N4+. The van der Waals surface area contributed by atoms with Crippen molar-refractivity contribution in [2.24, 2.45) is 7.05 Å². The largest absolute Gasteiger partial charge is 0.220 e. The van der Waals surface area contributed by atoms with E-state index in [1.54, 1.807) is 0 Å². The molecule has 0 atom stereocenters. The second-order valence-corrected chi connectivity index (χ2v) is 13.6. The third-order valence-corrected chi connectivity index (χ3v) is 7.16. The van der Waals surface area contributed by atoms with Crippen LogP contribution in [0.4, 0.5) is 0 Å². The Labute approximate surface area is 223 Å². The fourth-order valence-corrected chi connectivity index (χ4v) is 4.56. The zero-order chi connectivity index (χ0) is 27.5. The molecule has 0 radical (unpaired) electrons. The second kappa shape index (κ2) is 9.01. The first-order chi connectivity index (χ1) is 17.0. The minimum Gasteiger partial charge on any atom is -0.217 e. The smallest absolute Gasteiger partial charge is 0.217 e. The van der Waals surface area contributed by atoms with Crippen LogP contribution in [0.15, 0.2) is 42.6 Å². The highest BCUT2D eigenvalue weighted by Gasteiger charge is 2.26. The Balaban J connectivity index is 1.95. The number of benzene rings is 2. The second-order valence-electron chi connectivity index (χ2n) is 13.6. The normalized spacial score (nSPS) is 12.9. The lowest BCUT2D eigenvalue weighted by Crippen LogP contribution is -2.31. The molecule has 0 bridgehead atoms. The summed E-state index contributed by atoms with van der Waals surface area (Å²) in [6.45, 7) is 24.2. The van der Waals surface area contributed by atoms with Gasteiger partial charge in [-0.1, -0.05) is 74.4 Å². The van der Waals surface area contributed by atoms with Crippen LogP contribution in [0.25, 0.3) is 33.4 Å². The summed E-state index contributed by atoms with van der Waals surface area (Å²) in [7, 11) is 2.14. The van der Waals surface area contributed by atoms with Crippen molar-refractivity contribution < 1.29 is 4.57 Å². The van der Waals surface area contributed by atoms with Gasteiger partial charge in [-0.15, -0.1) is 0 Å². The summed E-state index contributed by atoms with van der Waals surface area (Å²) in [5, 5.41) is 2.40. The van der Waals surface area contributed by atoms with Gasteiger partial charge in [-0.25, -0.2) is 19.5 Å². The van der Waals surface area contributed by atoms with Crippen LogP contribution in [0.5, 0.6) is 0 Å². The molecule has 0 aliphatic rings. The SMILES string of the molecule is Cc1cc(C(C)(C)C)cc(-c2c3ccc(-c4nc(C(C)(C)C)nc(C(C)(C)C)n4)cc3cc[n+]2C)c1C. The molecule has 0 spiro atoms. The van der Waals surface area contributed by atoms with Crippen LogP contribution in [0.1, 0.15) is 90.7 Å². The van der Waals surface area contributed by atoms with Gasteiger partial charge in [0.05, 0.1) is 10.9 Å². The topological polar surface area (TPSA) is 42.6 Å². The third kappa shape index (κ3) is 5.30. The first-order valence-corrected chi connectivity index (χ1v) is 13.3. The van der Waals surface area contributed by atoms with E-state index in [-0.39, 0.29) is 16.2 Å². The van der Waals surface area contributed by atoms with E-state index in [0.29, 0.717) is 0 Å². The molecule has 4 rings (SSSR count). The molecule has 37 heavy (non-hydrogen) atoms. The van der Waals surface area contributed by atoms with Gasteiger partial charge in [0.1, 0.15) is 18.7 Å². The Morgan fingerprint density at radius 3 is 1.81 bits per heavy atom. The van der Waals surface area contributed by atoms with E-state index in [1.807, 2.05) is 0 Å². The van der Waals surface area contributed by atoms with Crippen LogP contribution in [-0.2, 0) is 23.3 Å². The maximum Gasteiger partial charge on any atom is 0.220 e. The van der Waals surface area contributed by atoms with Crippen molar-refractivity contribution >= 4 is 10.8 Å². The molecule has 2 aromatic carbocycles. The van der Waals surface area contributed by atoms with E-state index < -0.39 is 0 Å². The van der Waals surface area contributed by atoms with Crippen LogP contribution < -0.4 is 4.57 Å². The van der Waals surface area contributed by atoms with E-state index in [9.17, 15) is 0 Å². The molecule has 0 saturated carbocycles. The minimum atomic E-state index is -0.164. The summed E-state index contributed by atoms with van der Waals surface area (Å²) in [5.41, 5.74) is 7.29. The van der Waals surface area contributed by atoms with E-state index >= 15 is 0 Å². The van der Waals surface area contributed by atoms with Gasteiger partial charge in [-0.3, -0.25) is 0 Å². The van der Waals surface area contributed by atoms with E-state index in [0.717, 1.165) is 23.0 Å². The fraction of sp³-hybridized carbons (Fsp3) is 0.455. The predicted octanol–water partition coefficient (Wildman–Crippen LogP) is 7.69. The van der Waals surface area contributed by atoms with Crippen molar-refractivity contribution in [1.29, 1.82) is 0 Å². The van der Waals surface area contributed by atoms with Crippen LogP contribution in [0.2, 0.25) is 0 Å². The van der Waals surface area contributed by atoms with Gasteiger partial charge in [-0.2, -0.15) is 0 Å². The summed E-state index contributed by atoms with van der Waals surface area (Å²) < 4.78 is 2.24. The predicted molar refractivity (Wildman–Crippen MR) is 155 cm³/mol. The Morgan fingerprint density at radius 1 is 0.676 bits per heavy atom. The highest BCUT2D eigenvalue weighted by molar-refractivity contribution is 5.95. The van der Waals surface area contributed by atoms with Crippen LogP contribution in [0, 0.1) is 13.8 Å². The van der Waals surface area contributed by atoms with Crippen molar-refractivity contribution in [3.63, 3.8) is 0 Å². The van der Waals surface area contributed by atoms with Gasteiger partial charge in [0.15, 0.2) is 12.0 Å². The summed E-state index contributed by atoms with van der Waals surface area (Å²) in [6, 6.07) is 13.5. The van der Waals surface area contributed by atoms with Gasteiger partial charge in [0, 0.05) is 22.5 Å². The van der Waals surface area contributed by atoms with Crippen LogP contribution in [0.3, 0.4) is 0 Å². The van der Waals surface area contributed by atoms with Crippen molar-refractivity contribution in [2.75, 3.05) is 0 Å². The number of nitrogens with zero attached hydrogens (tertiary/aromatic N) is 4. The first-order valence-electron chi connectivity index (χ1n) is 13.3. The monoisotopic (exact) mass is 495 g/mol. The fourth-order valence-electron chi connectivity index (χ4n) is 4.56. The first kappa shape index (κ1) is 26.9. The standard InChI is InChI=1S/C33H43N4/c1-20-17-24(31(3,4)5)19-26(21(20)2)27-25-14-13-23(18-22(25)15-16-37(27)12)28-34-29(32(6,7)8)36-30(35-28)33(9,10)11/h13-19H,1-12H3/q+1. The lowest BCUT2D eigenvalue weighted by molar-refractivity contribution is -0.659. The summed E-state index contributed by atoms with van der Waals surface area (Å²) in [4.78, 5) is 14.7. The van der Waals surface area contributed by atoms with E-state index in [1.165, 1.54) is 38.7 Å². The number of rotatable bonds is 2. The quantitative estimate of drug-likeness (QED) is 0.268. The molecule has 0 aliphatic carbocycles. The highest BCUT2D eigenvalue weighted by atomic mass is 15.1. The molecule has 194 valence electrons. The number of hydrogen-bond donors (Lipinski definition) is 0. The lowest BCUT2D eigenvalue weighted by Gasteiger charge is -2.23. The number of pyridine rings is 1. The van der Waals surface area contributed by atoms with Crippen LogP contribution in [-0.4, -0.2) is 15.0 Å². The number of hydrogen-bond acceptors (Lipinski definition) is 3. The molecule has 0 fully saturated rings. The van der Waals surface area contributed by atoms with E-state index in [2.05, 4.69) is 130 Å². The Bertz CT molecular complexity index is 1460. The molecule has 0 saturated heterocycles. The minimum absolute atomic E-state index is 0.0811. The third-order valence-electron chi connectivity index (χ3n) is 7.16. The van der Waals surface area contributed by atoms with Gasteiger partial charge in [0.2, 0.25) is 5.69 Å². The lowest BCUT2D eigenvalue weighted by atomic mass is 9.83. The molecule has 4 heteroatoms. The molecule has 0 aliphatic heterocycles. The molecule has 0 N–H and O–H groups in total. The highest BCUT2D eigenvalue weighted by Crippen LogP contribution is 2.35. The summed E-state index contributed by atoms with van der Waals surface area (Å²) >= 11 is 0. The maximum atomic E-state index is 4.93. The number of aromatic nitrogens is 4. The van der Waals surface area contributed by atoms with Crippen molar-refractivity contribution in [1.82, 2.24) is 15.0 Å². The molecular weight excluding hydrogens is 452 g/mol. The van der Waals surface area contributed by atoms with Crippen LogP contribution >= 0.6 is 0 Å². The zero-order valence-electron chi connectivity index (χ0n) is 24.8. The van der Waals surface area contributed by atoms with Gasteiger partial charge in [0.25, 0.3) is 0 Å². The number of aryl methyl sites for hydroxylation is 2. The van der Waals surface area contributed by atoms with Crippen molar-refractivity contribution in [2.45, 2.75) is 92.4 Å². The summed E-state index contributed by atoms with van der Waals surface area (Å²) in [6.07, 6.45) is 2.16. The molecule has 4 aromatic rings. The van der Waals surface area contributed by atoms with Gasteiger partial charge >= 0.3 is 0 Å². The molecule has 2 aromatic heterocycles. The van der Waals surface area contributed by atoms with Gasteiger partial charge in [-0.05, 0) is 59.5 Å². The summed E-state index contributed by atoms with van der Waals surface area (Å²) in [5.74, 6) is 2.39. The van der Waals surface area contributed by atoms with Crippen molar-refractivity contribution in [3.05, 3.63) is 70.9 Å². The Kier molecular flexibility index (Phi) is 6.55. The molecule has 2 heterocycles. The van der Waals surface area contributed by atoms with Crippen molar-refractivity contribution in [3.8, 4) is 22.6 Å². The number of fused-ring (bicyclic) bond motifs is 1. The van der Waals surface area contributed by atoms with E-state index in [4.69, 9.17) is 15.0 Å². The van der Waals surface area contributed by atoms with Gasteiger partial charge < -0.3 is 0 Å². The molecule has 4 nitrogen and oxygen atoms in total. The Morgan fingerprint density at radius 2 is 1.27 bits per heavy atom. The average Bonchev–Trinajstić information content (AvgIpc) is 2.78.